The van der Waals surface area contributed by atoms with Crippen molar-refractivity contribution in [2.45, 2.75) is 6.54 Å². The minimum atomic E-state index is -0.482. The monoisotopic (exact) mass is 256 g/mol. The van der Waals surface area contributed by atoms with Gasteiger partial charge in [-0.15, -0.1) is 22.6 Å². The fraction of sp³-hybridized carbons (Fsp3) is 0.111. The quantitative estimate of drug-likeness (QED) is 0.659. The van der Waals surface area contributed by atoms with E-state index in [0.29, 0.717) is 11.5 Å². The van der Waals surface area contributed by atoms with Gasteiger partial charge in [-0.1, -0.05) is 6.07 Å². The van der Waals surface area contributed by atoms with Gasteiger partial charge >= 0.3 is 0 Å². The van der Waals surface area contributed by atoms with Crippen LogP contribution in [0.25, 0.3) is 11.5 Å². The predicted octanol–water partition coefficient (Wildman–Crippen LogP) is 1.53. The molecule has 7 nitrogen and oxygen atoms in total. The Labute approximate surface area is 102 Å². The van der Waals surface area contributed by atoms with Crippen LogP contribution in [-0.4, -0.2) is 15.1 Å². The van der Waals surface area contributed by atoms with Gasteiger partial charge in [0.1, 0.15) is 0 Å². The second-order valence-corrected chi connectivity index (χ2v) is 3.01. The molecule has 1 aromatic carbocycles. The maximum absolute atomic E-state index is 10.6. The zero-order valence-electron chi connectivity index (χ0n) is 8.57. The Balaban J connectivity index is 0.00000144. The van der Waals surface area contributed by atoms with Crippen LogP contribution in [0.2, 0.25) is 0 Å². The molecule has 90 valence electrons. The molecule has 1 heterocycles. The highest BCUT2D eigenvalue weighted by molar-refractivity contribution is 5.85. The van der Waals surface area contributed by atoms with E-state index in [1.807, 2.05) is 0 Å². The predicted molar refractivity (Wildman–Crippen MR) is 61.5 cm³/mol. The molecule has 0 aliphatic heterocycles. The number of nitrogens with zero attached hydrogens (tertiary/aromatic N) is 3. The number of nitro benzene ring substituents is 1. The van der Waals surface area contributed by atoms with Crippen LogP contribution in [0, 0.1) is 10.1 Å². The molecule has 0 saturated heterocycles. The summed E-state index contributed by atoms with van der Waals surface area (Å²) in [6.45, 7) is 0.141. The van der Waals surface area contributed by atoms with Crippen molar-refractivity contribution in [3.8, 4) is 11.5 Å². The van der Waals surface area contributed by atoms with Crippen LogP contribution in [0.1, 0.15) is 5.89 Å². The zero-order chi connectivity index (χ0) is 11.5. The molecule has 0 saturated carbocycles. The topological polar surface area (TPSA) is 108 Å². The van der Waals surface area contributed by atoms with Gasteiger partial charge in [0.05, 0.1) is 11.5 Å². The number of rotatable bonds is 3. The van der Waals surface area contributed by atoms with Crippen LogP contribution >= 0.6 is 12.4 Å². The highest BCUT2D eigenvalue weighted by Gasteiger charge is 2.11. The molecule has 0 radical (unpaired) electrons. The molecule has 17 heavy (non-hydrogen) atoms. The molecule has 0 spiro atoms. The molecule has 0 atom stereocenters. The molecule has 0 fully saturated rings. The Bertz CT molecular complexity index is 528. The second kappa shape index (κ2) is 5.37. The molecule has 8 heteroatoms. The average molecular weight is 257 g/mol. The van der Waals surface area contributed by atoms with Crippen LogP contribution in [0.3, 0.4) is 0 Å². The molecular formula is C9H9ClN4O3. The van der Waals surface area contributed by atoms with E-state index in [-0.39, 0.29) is 30.5 Å². The highest BCUT2D eigenvalue weighted by Crippen LogP contribution is 2.22. The third kappa shape index (κ3) is 2.77. The van der Waals surface area contributed by atoms with E-state index in [0.717, 1.165) is 0 Å². The average Bonchev–Trinajstić information content (AvgIpc) is 2.77. The standard InChI is InChI=1S/C9H8N4O3.ClH/c10-5-8-11-12-9(16-8)6-2-1-3-7(4-6)13(14)15;/h1-4H,5,10H2;1H. The smallest absolute Gasteiger partial charge is 0.270 e. The molecule has 0 unspecified atom stereocenters. The molecule has 2 rings (SSSR count). The maximum atomic E-state index is 10.6. The molecule has 1 aromatic heterocycles. The van der Waals surface area contributed by atoms with Crippen molar-refractivity contribution in [2.75, 3.05) is 0 Å². The summed E-state index contributed by atoms with van der Waals surface area (Å²) in [7, 11) is 0. The lowest BCUT2D eigenvalue weighted by Gasteiger charge is -1.94. The van der Waals surface area contributed by atoms with Gasteiger partial charge in [0.25, 0.3) is 5.69 Å². The Morgan fingerprint density at radius 3 is 2.76 bits per heavy atom. The first-order valence-electron chi connectivity index (χ1n) is 4.48. The number of aromatic nitrogens is 2. The molecule has 0 bridgehead atoms. The lowest BCUT2D eigenvalue weighted by Crippen LogP contribution is -1.95. The Hall–Kier alpha value is -1.99. The van der Waals surface area contributed by atoms with Crippen molar-refractivity contribution in [1.29, 1.82) is 0 Å². The van der Waals surface area contributed by atoms with E-state index in [1.54, 1.807) is 12.1 Å². The first-order chi connectivity index (χ1) is 7.70. The summed E-state index contributed by atoms with van der Waals surface area (Å²) in [6, 6.07) is 5.97. The summed E-state index contributed by atoms with van der Waals surface area (Å²) in [6.07, 6.45) is 0. The number of hydrogen-bond donors (Lipinski definition) is 1. The largest absolute Gasteiger partial charge is 0.419 e. The SMILES string of the molecule is Cl.NCc1nnc(-c2cccc([N+](=O)[O-])c2)o1. The van der Waals surface area contributed by atoms with Gasteiger partial charge in [0, 0.05) is 17.7 Å². The van der Waals surface area contributed by atoms with Crippen molar-refractivity contribution in [1.82, 2.24) is 10.2 Å². The lowest BCUT2D eigenvalue weighted by atomic mass is 10.2. The fourth-order valence-electron chi connectivity index (χ4n) is 1.21. The molecule has 0 aliphatic rings. The van der Waals surface area contributed by atoms with Crippen LogP contribution < -0.4 is 5.73 Å². The number of benzene rings is 1. The number of non-ortho nitro benzene ring substituents is 1. The van der Waals surface area contributed by atoms with E-state index < -0.39 is 4.92 Å². The molecule has 0 amide bonds. The highest BCUT2D eigenvalue weighted by atomic mass is 35.5. The Morgan fingerprint density at radius 1 is 1.41 bits per heavy atom. The van der Waals surface area contributed by atoms with Gasteiger partial charge in [-0.3, -0.25) is 10.1 Å². The van der Waals surface area contributed by atoms with Gasteiger partial charge in [0.15, 0.2) is 0 Å². The van der Waals surface area contributed by atoms with Gasteiger partial charge in [0.2, 0.25) is 11.8 Å². The number of halogens is 1. The Kier molecular flexibility index (Phi) is 4.13. The molecule has 2 N–H and O–H groups in total. The summed E-state index contributed by atoms with van der Waals surface area (Å²) < 4.78 is 5.18. The maximum Gasteiger partial charge on any atom is 0.270 e. The van der Waals surface area contributed by atoms with Gasteiger partial charge in [-0.2, -0.15) is 0 Å². The summed E-state index contributed by atoms with van der Waals surface area (Å²) in [5.74, 6) is 0.519. The minimum Gasteiger partial charge on any atom is -0.419 e. The second-order valence-electron chi connectivity index (χ2n) is 3.01. The Morgan fingerprint density at radius 2 is 2.18 bits per heavy atom. The van der Waals surface area contributed by atoms with Crippen molar-refractivity contribution < 1.29 is 9.34 Å². The van der Waals surface area contributed by atoms with Crippen LogP contribution in [-0.2, 0) is 6.54 Å². The van der Waals surface area contributed by atoms with E-state index in [2.05, 4.69) is 10.2 Å². The molecule has 0 aliphatic carbocycles. The van der Waals surface area contributed by atoms with E-state index in [1.165, 1.54) is 12.1 Å². The van der Waals surface area contributed by atoms with Crippen molar-refractivity contribution in [2.24, 2.45) is 5.73 Å². The summed E-state index contributed by atoms with van der Waals surface area (Å²) >= 11 is 0. The summed E-state index contributed by atoms with van der Waals surface area (Å²) in [5, 5.41) is 18.0. The normalized spacial score (nSPS) is 9.71. The third-order valence-electron chi connectivity index (χ3n) is 1.95. The molecular weight excluding hydrogens is 248 g/mol. The van der Waals surface area contributed by atoms with Crippen LogP contribution in [0.5, 0.6) is 0 Å². The van der Waals surface area contributed by atoms with E-state index in [9.17, 15) is 10.1 Å². The zero-order valence-corrected chi connectivity index (χ0v) is 9.38. The van der Waals surface area contributed by atoms with E-state index >= 15 is 0 Å². The summed E-state index contributed by atoms with van der Waals surface area (Å²) in [4.78, 5) is 10.1. The summed E-state index contributed by atoms with van der Waals surface area (Å²) in [5.41, 5.74) is 5.79. The number of hydrogen-bond acceptors (Lipinski definition) is 6. The van der Waals surface area contributed by atoms with Crippen molar-refractivity contribution in [3.05, 3.63) is 40.3 Å². The van der Waals surface area contributed by atoms with Gasteiger partial charge in [-0.25, -0.2) is 0 Å². The van der Waals surface area contributed by atoms with E-state index in [4.69, 9.17) is 10.2 Å². The number of nitrogens with two attached hydrogens (primary N) is 1. The van der Waals surface area contributed by atoms with Crippen LogP contribution in [0.15, 0.2) is 28.7 Å². The van der Waals surface area contributed by atoms with Crippen molar-refractivity contribution in [3.63, 3.8) is 0 Å². The number of nitro groups is 1. The first kappa shape index (κ1) is 13.1. The fourth-order valence-corrected chi connectivity index (χ4v) is 1.21. The van der Waals surface area contributed by atoms with Gasteiger partial charge < -0.3 is 10.2 Å². The minimum absolute atomic E-state index is 0. The lowest BCUT2D eigenvalue weighted by molar-refractivity contribution is -0.384. The van der Waals surface area contributed by atoms with Crippen molar-refractivity contribution >= 4 is 18.1 Å². The van der Waals surface area contributed by atoms with Gasteiger partial charge in [-0.05, 0) is 6.07 Å². The first-order valence-corrected chi connectivity index (χ1v) is 4.48. The third-order valence-corrected chi connectivity index (χ3v) is 1.95. The van der Waals surface area contributed by atoms with Crippen LogP contribution in [0.4, 0.5) is 5.69 Å². The molecule has 2 aromatic rings.